The topological polar surface area (TPSA) is 50.9 Å². The van der Waals surface area contributed by atoms with Crippen molar-refractivity contribution in [2.45, 2.75) is 0 Å². The number of rotatable bonds is 2. The van der Waals surface area contributed by atoms with Crippen molar-refractivity contribution < 1.29 is 0 Å². The van der Waals surface area contributed by atoms with Crippen LogP contribution in [0.15, 0.2) is 60.8 Å². The molecule has 0 aliphatic carbocycles. The molecule has 1 heterocycles. The van der Waals surface area contributed by atoms with Crippen molar-refractivity contribution in [1.82, 2.24) is 4.98 Å². The molecule has 0 unspecified atom stereocenters. The van der Waals surface area contributed by atoms with Crippen LogP contribution in [-0.4, -0.2) is 4.98 Å². The Bertz CT molecular complexity index is 687. The van der Waals surface area contributed by atoms with E-state index >= 15 is 0 Å². The SMILES string of the molecule is Nc1cccnc1Nc1cccc2ccccc12. The number of nitrogens with one attached hydrogen (secondary N) is 1. The van der Waals surface area contributed by atoms with Gasteiger partial charge in [-0.2, -0.15) is 0 Å². The minimum atomic E-state index is 0.644. The van der Waals surface area contributed by atoms with E-state index in [0.29, 0.717) is 11.5 Å². The first-order valence-corrected chi connectivity index (χ1v) is 5.80. The summed E-state index contributed by atoms with van der Waals surface area (Å²) < 4.78 is 0. The molecule has 18 heavy (non-hydrogen) atoms. The zero-order valence-electron chi connectivity index (χ0n) is 9.80. The van der Waals surface area contributed by atoms with E-state index in [1.165, 1.54) is 5.39 Å². The summed E-state index contributed by atoms with van der Waals surface area (Å²) in [5.74, 6) is 0.689. The maximum absolute atomic E-state index is 5.89. The van der Waals surface area contributed by atoms with E-state index in [2.05, 4.69) is 28.5 Å². The molecule has 3 rings (SSSR count). The van der Waals surface area contributed by atoms with Gasteiger partial charge < -0.3 is 11.1 Å². The standard InChI is InChI=1S/C15H13N3/c16-13-8-4-10-17-15(13)18-14-9-3-6-11-5-1-2-7-12(11)14/h1-10H,16H2,(H,17,18). The lowest BCUT2D eigenvalue weighted by Crippen LogP contribution is -1.98. The maximum atomic E-state index is 5.89. The van der Waals surface area contributed by atoms with E-state index in [1.54, 1.807) is 6.20 Å². The summed E-state index contributed by atoms with van der Waals surface area (Å²) in [6, 6.07) is 18.0. The van der Waals surface area contributed by atoms with Crippen molar-refractivity contribution in [3.63, 3.8) is 0 Å². The van der Waals surface area contributed by atoms with Crippen molar-refractivity contribution in [2.24, 2.45) is 0 Å². The van der Waals surface area contributed by atoms with Crippen LogP contribution in [0.3, 0.4) is 0 Å². The van der Waals surface area contributed by atoms with E-state index in [1.807, 2.05) is 36.4 Å². The number of anilines is 3. The Balaban J connectivity index is 2.08. The van der Waals surface area contributed by atoms with Gasteiger partial charge in [-0.15, -0.1) is 0 Å². The molecule has 88 valence electrons. The Morgan fingerprint density at radius 1 is 0.889 bits per heavy atom. The van der Waals surface area contributed by atoms with Gasteiger partial charge in [0.05, 0.1) is 5.69 Å². The van der Waals surface area contributed by atoms with Gasteiger partial charge in [-0.1, -0.05) is 36.4 Å². The summed E-state index contributed by atoms with van der Waals surface area (Å²) in [4.78, 5) is 4.24. The van der Waals surface area contributed by atoms with Gasteiger partial charge in [-0.25, -0.2) is 4.98 Å². The highest BCUT2D eigenvalue weighted by Crippen LogP contribution is 2.27. The Morgan fingerprint density at radius 2 is 1.72 bits per heavy atom. The van der Waals surface area contributed by atoms with Gasteiger partial charge in [-0.3, -0.25) is 0 Å². The molecule has 0 saturated heterocycles. The third-order valence-electron chi connectivity index (χ3n) is 2.88. The van der Waals surface area contributed by atoms with Crippen LogP contribution in [0.2, 0.25) is 0 Å². The van der Waals surface area contributed by atoms with Gasteiger partial charge in [0.1, 0.15) is 0 Å². The lowest BCUT2D eigenvalue weighted by molar-refractivity contribution is 1.31. The zero-order chi connectivity index (χ0) is 12.4. The summed E-state index contributed by atoms with van der Waals surface area (Å²) in [6.45, 7) is 0. The molecule has 2 aromatic carbocycles. The quantitative estimate of drug-likeness (QED) is 0.714. The number of hydrogen-bond acceptors (Lipinski definition) is 3. The van der Waals surface area contributed by atoms with Crippen LogP contribution in [0.5, 0.6) is 0 Å². The van der Waals surface area contributed by atoms with Crippen molar-refractivity contribution in [2.75, 3.05) is 11.1 Å². The van der Waals surface area contributed by atoms with E-state index in [0.717, 1.165) is 11.1 Å². The fraction of sp³-hybridized carbons (Fsp3) is 0. The molecule has 3 nitrogen and oxygen atoms in total. The summed E-state index contributed by atoms with van der Waals surface area (Å²) in [6.07, 6.45) is 1.73. The van der Waals surface area contributed by atoms with E-state index in [-0.39, 0.29) is 0 Å². The van der Waals surface area contributed by atoms with Gasteiger partial charge in [0.2, 0.25) is 0 Å². The Labute approximate surface area is 105 Å². The smallest absolute Gasteiger partial charge is 0.153 e. The number of aromatic nitrogens is 1. The zero-order valence-corrected chi connectivity index (χ0v) is 9.80. The number of benzene rings is 2. The molecule has 0 atom stereocenters. The molecule has 0 spiro atoms. The van der Waals surface area contributed by atoms with Gasteiger partial charge in [0, 0.05) is 17.3 Å². The lowest BCUT2D eigenvalue weighted by atomic mass is 10.1. The first-order chi connectivity index (χ1) is 8.84. The van der Waals surface area contributed by atoms with Gasteiger partial charge >= 0.3 is 0 Å². The monoisotopic (exact) mass is 235 g/mol. The molecular formula is C15H13N3. The minimum Gasteiger partial charge on any atom is -0.396 e. The Morgan fingerprint density at radius 3 is 2.61 bits per heavy atom. The molecule has 0 saturated carbocycles. The molecule has 0 aliphatic heterocycles. The number of hydrogen-bond donors (Lipinski definition) is 2. The molecule has 0 bridgehead atoms. The molecule has 0 aliphatic rings. The van der Waals surface area contributed by atoms with Gasteiger partial charge in [0.25, 0.3) is 0 Å². The second-order valence-electron chi connectivity index (χ2n) is 4.09. The second-order valence-corrected chi connectivity index (χ2v) is 4.09. The first kappa shape index (κ1) is 10.6. The highest BCUT2D eigenvalue weighted by atomic mass is 15.0. The molecule has 0 fully saturated rings. The molecule has 0 amide bonds. The van der Waals surface area contributed by atoms with Crippen molar-refractivity contribution in [1.29, 1.82) is 0 Å². The van der Waals surface area contributed by atoms with Crippen molar-refractivity contribution in [3.8, 4) is 0 Å². The van der Waals surface area contributed by atoms with Crippen molar-refractivity contribution >= 4 is 28.0 Å². The lowest BCUT2D eigenvalue weighted by Gasteiger charge is -2.10. The Kier molecular flexibility index (Phi) is 2.57. The number of pyridine rings is 1. The molecule has 1 aromatic heterocycles. The van der Waals surface area contributed by atoms with Crippen molar-refractivity contribution in [3.05, 3.63) is 60.8 Å². The van der Waals surface area contributed by atoms with Crippen LogP contribution in [0.4, 0.5) is 17.2 Å². The summed E-state index contributed by atoms with van der Waals surface area (Å²) in [7, 11) is 0. The third kappa shape index (κ3) is 1.86. The number of fused-ring (bicyclic) bond motifs is 1. The molecule has 3 N–H and O–H groups in total. The van der Waals surface area contributed by atoms with Gasteiger partial charge in [-0.05, 0) is 23.6 Å². The predicted molar refractivity (Wildman–Crippen MR) is 75.9 cm³/mol. The largest absolute Gasteiger partial charge is 0.396 e. The molecule has 3 aromatic rings. The van der Waals surface area contributed by atoms with E-state index in [4.69, 9.17) is 5.73 Å². The average molecular weight is 235 g/mol. The van der Waals surface area contributed by atoms with E-state index < -0.39 is 0 Å². The van der Waals surface area contributed by atoms with Crippen LogP contribution in [-0.2, 0) is 0 Å². The predicted octanol–water partition coefficient (Wildman–Crippen LogP) is 3.56. The number of nitrogen functional groups attached to an aromatic ring is 1. The minimum absolute atomic E-state index is 0.644. The number of nitrogens with two attached hydrogens (primary N) is 1. The molecular weight excluding hydrogens is 222 g/mol. The van der Waals surface area contributed by atoms with Crippen LogP contribution in [0.25, 0.3) is 10.8 Å². The first-order valence-electron chi connectivity index (χ1n) is 5.80. The number of nitrogens with zero attached hydrogens (tertiary/aromatic N) is 1. The summed E-state index contributed by atoms with van der Waals surface area (Å²) >= 11 is 0. The summed E-state index contributed by atoms with van der Waals surface area (Å²) in [5.41, 5.74) is 7.54. The second kappa shape index (κ2) is 4.37. The highest BCUT2D eigenvalue weighted by Gasteiger charge is 2.03. The normalized spacial score (nSPS) is 10.4. The van der Waals surface area contributed by atoms with Crippen LogP contribution >= 0.6 is 0 Å². The van der Waals surface area contributed by atoms with E-state index in [9.17, 15) is 0 Å². The fourth-order valence-corrected chi connectivity index (χ4v) is 1.98. The highest BCUT2D eigenvalue weighted by molar-refractivity contribution is 5.95. The Hall–Kier alpha value is -2.55. The third-order valence-corrected chi connectivity index (χ3v) is 2.88. The average Bonchev–Trinajstić information content (AvgIpc) is 2.42. The molecule has 0 radical (unpaired) electrons. The molecule has 3 heteroatoms. The fourth-order valence-electron chi connectivity index (χ4n) is 1.98. The van der Waals surface area contributed by atoms with Crippen LogP contribution < -0.4 is 11.1 Å². The summed E-state index contributed by atoms with van der Waals surface area (Å²) in [5, 5.41) is 5.63. The van der Waals surface area contributed by atoms with Crippen LogP contribution in [0.1, 0.15) is 0 Å². The van der Waals surface area contributed by atoms with Crippen LogP contribution in [0, 0.1) is 0 Å². The van der Waals surface area contributed by atoms with Gasteiger partial charge in [0.15, 0.2) is 5.82 Å². The maximum Gasteiger partial charge on any atom is 0.153 e.